The van der Waals surface area contributed by atoms with E-state index >= 15 is 0 Å². The Hall–Kier alpha value is -3.68. The van der Waals surface area contributed by atoms with E-state index in [1.807, 2.05) is 0 Å². The van der Waals surface area contributed by atoms with E-state index in [9.17, 15) is 22.8 Å². The maximum Gasteiger partial charge on any atom is 0.433 e. The summed E-state index contributed by atoms with van der Waals surface area (Å²) in [5.41, 5.74) is 1.15. The minimum atomic E-state index is -4.50. The number of esters is 1. The number of anilines is 1. The van der Waals surface area contributed by atoms with Crippen molar-refractivity contribution in [1.29, 1.82) is 0 Å². The molecule has 0 atom stereocenters. The number of pyridine rings is 1. The summed E-state index contributed by atoms with van der Waals surface area (Å²) in [4.78, 5) is 26.6. The van der Waals surface area contributed by atoms with E-state index in [2.05, 4.69) is 10.3 Å². The molecule has 1 aromatic heterocycles. The first-order chi connectivity index (χ1) is 14.2. The third-order valence-corrected chi connectivity index (χ3v) is 4.10. The highest BCUT2D eigenvalue weighted by molar-refractivity contribution is 5.91. The molecular formula is C22H17F3N2O3. The van der Waals surface area contributed by atoms with E-state index in [0.29, 0.717) is 22.6 Å². The quantitative estimate of drug-likeness (QED) is 0.478. The number of aromatic nitrogens is 1. The number of rotatable bonds is 5. The highest BCUT2D eigenvalue weighted by Crippen LogP contribution is 2.28. The molecule has 3 aromatic rings. The lowest BCUT2D eigenvalue weighted by atomic mass is 10.0. The van der Waals surface area contributed by atoms with Crippen LogP contribution in [0, 0.1) is 0 Å². The summed E-state index contributed by atoms with van der Waals surface area (Å²) in [6.45, 7) is 1.39. The van der Waals surface area contributed by atoms with Crippen molar-refractivity contribution in [3.05, 3.63) is 89.2 Å². The second-order valence-electron chi connectivity index (χ2n) is 6.52. The fraction of sp³-hybridized carbons (Fsp3) is 0.136. The molecule has 154 valence electrons. The van der Waals surface area contributed by atoms with Gasteiger partial charge in [-0.15, -0.1) is 0 Å². The highest BCUT2D eigenvalue weighted by Gasteiger charge is 2.32. The van der Waals surface area contributed by atoms with E-state index in [0.717, 1.165) is 17.8 Å². The Kier molecular flexibility index (Phi) is 6.15. The number of nitrogens with one attached hydrogen (secondary N) is 1. The van der Waals surface area contributed by atoms with Crippen LogP contribution in [-0.2, 0) is 17.4 Å². The van der Waals surface area contributed by atoms with E-state index in [4.69, 9.17) is 4.74 Å². The molecule has 0 aliphatic rings. The first-order valence-corrected chi connectivity index (χ1v) is 8.91. The Labute approximate surface area is 170 Å². The molecule has 0 spiro atoms. The number of halogens is 3. The number of carbonyl (C=O) groups excluding carboxylic acids is 2. The van der Waals surface area contributed by atoms with Gasteiger partial charge >= 0.3 is 12.1 Å². The van der Waals surface area contributed by atoms with Crippen molar-refractivity contribution in [3.63, 3.8) is 0 Å². The summed E-state index contributed by atoms with van der Waals surface area (Å²) in [5.74, 6) is -0.465. The fourth-order valence-electron chi connectivity index (χ4n) is 2.71. The lowest BCUT2D eigenvalue weighted by molar-refractivity contribution is -0.141. The smallest absolute Gasteiger partial charge is 0.423 e. The molecule has 1 amide bonds. The van der Waals surface area contributed by atoms with Crippen molar-refractivity contribution >= 4 is 17.6 Å². The van der Waals surface area contributed by atoms with Gasteiger partial charge < -0.3 is 10.1 Å². The van der Waals surface area contributed by atoms with Gasteiger partial charge in [-0.05, 0) is 66.1 Å². The number of alkyl halides is 3. The van der Waals surface area contributed by atoms with Gasteiger partial charge in [-0.1, -0.05) is 12.1 Å². The second kappa shape index (κ2) is 8.77. The number of nitrogens with zero attached hydrogens (tertiary/aromatic N) is 1. The second-order valence-corrected chi connectivity index (χ2v) is 6.52. The zero-order chi connectivity index (χ0) is 21.7. The number of ether oxygens (including phenoxy) is 1. The minimum absolute atomic E-state index is 0.207. The number of benzene rings is 2. The summed E-state index contributed by atoms with van der Waals surface area (Å²) in [7, 11) is 0. The SMILES string of the molecule is CC(=O)Nc1ccc(OC(=O)c2ccc(Cc3ccnc(C(F)(F)F)c3)cc2)cc1. The van der Waals surface area contributed by atoms with Gasteiger partial charge in [0.15, 0.2) is 0 Å². The van der Waals surface area contributed by atoms with Crippen LogP contribution in [0.2, 0.25) is 0 Å². The Balaban J connectivity index is 1.64. The summed E-state index contributed by atoms with van der Waals surface area (Å²) >= 11 is 0. The van der Waals surface area contributed by atoms with E-state index < -0.39 is 17.8 Å². The molecule has 8 heteroatoms. The lowest BCUT2D eigenvalue weighted by Crippen LogP contribution is -2.09. The Bertz CT molecular complexity index is 1050. The molecule has 0 saturated carbocycles. The molecule has 3 rings (SSSR count). The van der Waals surface area contributed by atoms with Crippen molar-refractivity contribution in [1.82, 2.24) is 4.98 Å². The number of amides is 1. The van der Waals surface area contributed by atoms with Gasteiger partial charge in [0.2, 0.25) is 5.91 Å². The van der Waals surface area contributed by atoms with Crippen LogP contribution in [0.4, 0.5) is 18.9 Å². The number of carbonyl (C=O) groups is 2. The van der Waals surface area contributed by atoms with Crippen LogP contribution in [0.3, 0.4) is 0 Å². The average Bonchev–Trinajstić information content (AvgIpc) is 2.69. The van der Waals surface area contributed by atoms with E-state index in [1.165, 1.54) is 13.0 Å². The zero-order valence-corrected chi connectivity index (χ0v) is 15.9. The average molecular weight is 414 g/mol. The molecule has 0 bridgehead atoms. The van der Waals surface area contributed by atoms with Gasteiger partial charge in [0.25, 0.3) is 0 Å². The monoisotopic (exact) mass is 414 g/mol. The topological polar surface area (TPSA) is 68.3 Å². The van der Waals surface area contributed by atoms with E-state index in [-0.39, 0.29) is 12.3 Å². The van der Waals surface area contributed by atoms with Crippen molar-refractivity contribution in [2.75, 3.05) is 5.32 Å². The predicted octanol–water partition coefficient (Wildman–Crippen LogP) is 4.87. The Morgan fingerprint density at radius 3 is 2.23 bits per heavy atom. The first kappa shape index (κ1) is 21.0. The van der Waals surface area contributed by atoms with Crippen LogP contribution in [0.15, 0.2) is 66.9 Å². The molecule has 30 heavy (non-hydrogen) atoms. The third kappa shape index (κ3) is 5.66. The Morgan fingerprint density at radius 1 is 0.967 bits per heavy atom. The normalized spacial score (nSPS) is 11.1. The van der Waals surface area contributed by atoms with Crippen LogP contribution in [-0.4, -0.2) is 16.9 Å². The molecule has 0 radical (unpaired) electrons. The molecule has 0 aliphatic heterocycles. The lowest BCUT2D eigenvalue weighted by Gasteiger charge is -2.09. The maximum atomic E-state index is 12.8. The number of hydrogen-bond donors (Lipinski definition) is 1. The van der Waals surface area contributed by atoms with Crippen molar-refractivity contribution in [2.24, 2.45) is 0 Å². The Morgan fingerprint density at radius 2 is 1.63 bits per heavy atom. The highest BCUT2D eigenvalue weighted by atomic mass is 19.4. The molecule has 0 saturated heterocycles. The van der Waals surface area contributed by atoms with Gasteiger partial charge in [-0.3, -0.25) is 9.78 Å². The van der Waals surface area contributed by atoms with Gasteiger partial charge in [-0.2, -0.15) is 13.2 Å². The summed E-state index contributed by atoms with van der Waals surface area (Å²) in [6.07, 6.45) is -3.10. The first-order valence-electron chi connectivity index (χ1n) is 8.91. The molecule has 0 aliphatic carbocycles. The van der Waals surface area contributed by atoms with E-state index in [1.54, 1.807) is 48.5 Å². The maximum absolute atomic E-state index is 12.8. The van der Waals surface area contributed by atoms with Gasteiger partial charge in [0.05, 0.1) is 5.56 Å². The van der Waals surface area contributed by atoms with Crippen LogP contribution < -0.4 is 10.1 Å². The molecule has 0 unspecified atom stereocenters. The molecule has 5 nitrogen and oxygen atoms in total. The van der Waals surface area contributed by atoms with Crippen molar-refractivity contribution in [3.8, 4) is 5.75 Å². The van der Waals surface area contributed by atoms with Crippen LogP contribution >= 0.6 is 0 Å². The summed E-state index contributed by atoms with van der Waals surface area (Å²) in [6, 6.07) is 15.3. The zero-order valence-electron chi connectivity index (χ0n) is 15.9. The molecule has 0 fully saturated rings. The fourth-order valence-corrected chi connectivity index (χ4v) is 2.71. The molecule has 2 aromatic carbocycles. The largest absolute Gasteiger partial charge is 0.433 e. The standard InChI is InChI=1S/C22H17F3N2O3/c1-14(28)27-18-6-8-19(9-7-18)30-21(29)17-4-2-15(3-5-17)12-16-10-11-26-20(13-16)22(23,24)25/h2-11,13H,12H2,1H3,(H,27,28). The molecule has 1 N–H and O–H groups in total. The van der Waals surface area contributed by atoms with Gasteiger partial charge in [0.1, 0.15) is 11.4 Å². The summed E-state index contributed by atoms with van der Waals surface area (Å²) < 4.78 is 43.6. The molecular weight excluding hydrogens is 397 g/mol. The van der Waals surface area contributed by atoms with Crippen LogP contribution in [0.1, 0.15) is 34.1 Å². The van der Waals surface area contributed by atoms with Crippen molar-refractivity contribution < 1.29 is 27.5 Å². The number of hydrogen-bond acceptors (Lipinski definition) is 4. The van der Waals surface area contributed by atoms with Crippen LogP contribution in [0.5, 0.6) is 5.75 Å². The van der Waals surface area contributed by atoms with Gasteiger partial charge in [0, 0.05) is 18.8 Å². The van der Waals surface area contributed by atoms with Crippen LogP contribution in [0.25, 0.3) is 0 Å². The summed E-state index contributed by atoms with van der Waals surface area (Å²) in [5, 5.41) is 2.61. The third-order valence-electron chi connectivity index (χ3n) is 4.10. The predicted molar refractivity (Wildman–Crippen MR) is 104 cm³/mol. The van der Waals surface area contributed by atoms with Gasteiger partial charge in [-0.25, -0.2) is 4.79 Å². The molecule has 1 heterocycles. The van der Waals surface area contributed by atoms with Crippen molar-refractivity contribution in [2.45, 2.75) is 19.5 Å². The minimum Gasteiger partial charge on any atom is -0.423 e.